The molecule has 0 heterocycles. The largest absolute Gasteiger partial charge is 0.394 e. The molecule has 24 heavy (non-hydrogen) atoms. The number of aliphatic hydroxyl groups is 4. The van der Waals surface area contributed by atoms with E-state index in [0.717, 1.165) is 0 Å². The number of nitrogens with zero attached hydrogens (tertiary/aromatic N) is 1. The van der Waals surface area contributed by atoms with Crippen LogP contribution in [0.3, 0.4) is 0 Å². The van der Waals surface area contributed by atoms with E-state index >= 15 is 0 Å². The summed E-state index contributed by atoms with van der Waals surface area (Å²) in [4.78, 5) is 28.2. The molecule has 0 aliphatic heterocycles. The van der Waals surface area contributed by atoms with Gasteiger partial charge in [0.05, 0.1) is 12.7 Å². The van der Waals surface area contributed by atoms with Gasteiger partial charge in [-0.15, -0.1) is 0 Å². The van der Waals surface area contributed by atoms with Crippen LogP contribution in [-0.2, 0) is 14.4 Å². The molecule has 0 aromatic rings. The van der Waals surface area contributed by atoms with Crippen molar-refractivity contribution in [3.05, 3.63) is 0 Å². The fourth-order valence-corrected chi connectivity index (χ4v) is 2.09. The Labute approximate surface area is 142 Å². The zero-order chi connectivity index (χ0) is 18.7. The van der Waals surface area contributed by atoms with Crippen LogP contribution >= 0.6 is 0 Å². The lowest BCUT2D eigenvalue weighted by Gasteiger charge is -2.24. The predicted molar refractivity (Wildman–Crippen MR) is 87.4 cm³/mol. The van der Waals surface area contributed by atoms with Crippen LogP contribution in [0.1, 0.15) is 40.0 Å². The maximum atomic E-state index is 11.7. The highest BCUT2D eigenvalue weighted by atomic mass is 16.6. The third-order valence-corrected chi connectivity index (χ3v) is 3.84. The zero-order valence-electron chi connectivity index (χ0n) is 14.5. The lowest BCUT2D eigenvalue weighted by molar-refractivity contribution is -0.130. The maximum Gasteiger partial charge on any atom is 0.175 e. The summed E-state index contributed by atoms with van der Waals surface area (Å²) in [6.45, 7) is 4.17. The smallest absolute Gasteiger partial charge is 0.175 e. The van der Waals surface area contributed by atoms with Gasteiger partial charge >= 0.3 is 0 Å². The first-order valence-corrected chi connectivity index (χ1v) is 8.13. The van der Waals surface area contributed by atoms with Gasteiger partial charge in [0, 0.05) is 30.9 Å². The van der Waals surface area contributed by atoms with Gasteiger partial charge in [0.15, 0.2) is 12.4 Å². The molecular formula is C16H29NO7. The molecule has 0 radical (unpaired) electrons. The molecule has 5 atom stereocenters. The van der Waals surface area contributed by atoms with Crippen LogP contribution in [0.5, 0.6) is 0 Å². The summed E-state index contributed by atoms with van der Waals surface area (Å²) < 4.78 is 0. The molecule has 0 fully saturated rings. The Hall–Kier alpha value is -1.35. The fraction of sp³-hybridized carbons (Fsp3) is 0.812. The van der Waals surface area contributed by atoms with Crippen LogP contribution in [0, 0.1) is 11.8 Å². The summed E-state index contributed by atoms with van der Waals surface area (Å²) in [5, 5.41) is 40.8. The molecular weight excluding hydrogens is 318 g/mol. The molecule has 8 nitrogen and oxygen atoms in total. The van der Waals surface area contributed by atoms with E-state index < -0.39 is 30.8 Å². The molecule has 0 rings (SSSR count). The average molecular weight is 347 g/mol. The van der Waals surface area contributed by atoms with Crippen LogP contribution < -0.4 is 0 Å². The van der Waals surface area contributed by atoms with E-state index in [1.807, 2.05) is 6.92 Å². The zero-order valence-corrected chi connectivity index (χ0v) is 14.5. The van der Waals surface area contributed by atoms with Crippen LogP contribution in [0.2, 0.25) is 0 Å². The van der Waals surface area contributed by atoms with Gasteiger partial charge in [-0.05, 0) is 6.42 Å². The number of carbonyl (C=O) groups excluding carboxylic acids is 2. The minimum atomic E-state index is -1.52. The lowest BCUT2D eigenvalue weighted by Crippen LogP contribution is -2.43. The van der Waals surface area contributed by atoms with Gasteiger partial charge < -0.3 is 25.3 Å². The quantitative estimate of drug-likeness (QED) is 0.264. The molecule has 0 saturated heterocycles. The average Bonchev–Trinajstić information content (AvgIpc) is 2.60. The number of ketones is 2. The lowest BCUT2D eigenvalue weighted by atomic mass is 9.94. The van der Waals surface area contributed by atoms with Gasteiger partial charge in [-0.25, -0.2) is 0 Å². The topological polar surface area (TPSA) is 137 Å². The second-order valence-electron chi connectivity index (χ2n) is 5.79. The van der Waals surface area contributed by atoms with Gasteiger partial charge in [-0.1, -0.05) is 25.9 Å². The molecule has 0 bridgehead atoms. The van der Waals surface area contributed by atoms with E-state index in [0.29, 0.717) is 12.8 Å². The highest BCUT2D eigenvalue weighted by molar-refractivity contribution is 5.88. The normalized spacial score (nSPS) is 18.0. The summed E-state index contributed by atoms with van der Waals surface area (Å²) in [5.74, 6) is -1.17. The maximum absolute atomic E-state index is 11.7. The van der Waals surface area contributed by atoms with Crippen molar-refractivity contribution in [2.45, 2.75) is 58.3 Å². The third-order valence-electron chi connectivity index (χ3n) is 3.84. The monoisotopic (exact) mass is 347 g/mol. The van der Waals surface area contributed by atoms with Crippen molar-refractivity contribution < 1.29 is 34.9 Å². The minimum Gasteiger partial charge on any atom is -0.394 e. The number of carbonyl (C=O) groups is 2. The van der Waals surface area contributed by atoms with E-state index in [2.05, 4.69) is 5.16 Å². The van der Waals surface area contributed by atoms with Gasteiger partial charge in [0.2, 0.25) is 0 Å². The Kier molecular flexibility index (Phi) is 11.4. The molecule has 5 unspecified atom stereocenters. The van der Waals surface area contributed by atoms with E-state index in [4.69, 9.17) is 9.94 Å². The Morgan fingerprint density at radius 3 is 2.29 bits per heavy atom. The first-order chi connectivity index (χ1) is 11.3. The Morgan fingerprint density at radius 2 is 1.79 bits per heavy atom. The van der Waals surface area contributed by atoms with E-state index in [1.165, 1.54) is 13.1 Å². The van der Waals surface area contributed by atoms with Crippen molar-refractivity contribution in [3.8, 4) is 0 Å². The van der Waals surface area contributed by atoms with Gasteiger partial charge in [-0.3, -0.25) is 9.59 Å². The SMILES string of the molecule is CCC(=O)C(CC)CC(=O)CO/N=C\C(C)C(O)C(O)C(O)CO. The molecule has 0 aliphatic rings. The predicted octanol–water partition coefficient (Wildman–Crippen LogP) is -0.336. The standard InChI is InChI=1S/C16H29NO7/c1-4-11(13(20)5-2)6-12(19)9-24-17-7-10(3)15(22)16(23)14(21)8-18/h7,10-11,14-16,18,21-23H,4-6,8-9H2,1-3H3/b17-7-. The number of rotatable bonds is 13. The summed E-state index contributed by atoms with van der Waals surface area (Å²) in [5.41, 5.74) is 0. The van der Waals surface area contributed by atoms with Crippen LogP contribution in [-0.4, -0.2) is 69.7 Å². The summed E-state index contributed by atoms with van der Waals surface area (Å²) in [6.07, 6.45) is -2.04. The molecule has 8 heteroatoms. The van der Waals surface area contributed by atoms with E-state index in [1.54, 1.807) is 6.92 Å². The Morgan fingerprint density at radius 1 is 1.17 bits per heavy atom. The van der Waals surface area contributed by atoms with Crippen molar-refractivity contribution in [2.24, 2.45) is 17.0 Å². The molecule has 140 valence electrons. The summed E-state index contributed by atoms with van der Waals surface area (Å²) in [7, 11) is 0. The summed E-state index contributed by atoms with van der Waals surface area (Å²) >= 11 is 0. The fourth-order valence-electron chi connectivity index (χ4n) is 2.09. The number of hydrogen-bond donors (Lipinski definition) is 4. The molecule has 0 aromatic heterocycles. The van der Waals surface area contributed by atoms with Gasteiger partial charge in [0.25, 0.3) is 0 Å². The van der Waals surface area contributed by atoms with Crippen molar-refractivity contribution in [3.63, 3.8) is 0 Å². The Balaban J connectivity index is 4.27. The molecule has 0 spiro atoms. The van der Waals surface area contributed by atoms with Crippen molar-refractivity contribution >= 4 is 17.8 Å². The number of aliphatic hydroxyl groups excluding tert-OH is 4. The number of Topliss-reactive ketones (excluding diaryl/α,β-unsaturated/α-hetero) is 2. The molecule has 0 amide bonds. The van der Waals surface area contributed by atoms with E-state index in [9.17, 15) is 24.9 Å². The second kappa shape index (κ2) is 12.1. The third kappa shape index (κ3) is 7.96. The molecule has 4 N–H and O–H groups in total. The Bertz CT molecular complexity index is 413. The van der Waals surface area contributed by atoms with E-state index in [-0.39, 0.29) is 30.5 Å². The highest BCUT2D eigenvalue weighted by Gasteiger charge is 2.27. The number of oxime groups is 1. The van der Waals surface area contributed by atoms with Crippen molar-refractivity contribution in [2.75, 3.05) is 13.2 Å². The minimum absolute atomic E-state index is 0.0440. The van der Waals surface area contributed by atoms with Crippen LogP contribution in [0.15, 0.2) is 5.16 Å². The van der Waals surface area contributed by atoms with Crippen LogP contribution in [0.25, 0.3) is 0 Å². The molecule has 0 saturated carbocycles. The molecule has 0 aromatic carbocycles. The first-order valence-electron chi connectivity index (χ1n) is 8.13. The van der Waals surface area contributed by atoms with Crippen molar-refractivity contribution in [1.29, 1.82) is 0 Å². The number of hydrogen-bond acceptors (Lipinski definition) is 8. The second-order valence-corrected chi connectivity index (χ2v) is 5.79. The summed E-state index contributed by atoms with van der Waals surface area (Å²) in [6, 6.07) is 0. The van der Waals surface area contributed by atoms with Crippen molar-refractivity contribution in [1.82, 2.24) is 0 Å². The van der Waals surface area contributed by atoms with Gasteiger partial charge in [0.1, 0.15) is 18.0 Å². The van der Waals surface area contributed by atoms with Gasteiger partial charge in [-0.2, -0.15) is 0 Å². The first kappa shape index (κ1) is 22.6. The van der Waals surface area contributed by atoms with Crippen LogP contribution in [0.4, 0.5) is 0 Å². The highest BCUT2D eigenvalue weighted by Crippen LogP contribution is 2.12. The molecule has 0 aliphatic carbocycles.